The summed E-state index contributed by atoms with van der Waals surface area (Å²) in [5.74, 6) is 1.61. The maximum absolute atomic E-state index is 13.9. The molecule has 0 unspecified atom stereocenters. The molecule has 1 atom stereocenters. The van der Waals surface area contributed by atoms with Crippen LogP contribution in [0.1, 0.15) is 46.5 Å². The number of aromatic nitrogens is 4. The third kappa shape index (κ3) is 4.98. The molecule has 2 fully saturated rings. The molecule has 0 N–H and O–H groups in total. The number of nitrogens with zero attached hydrogens (tertiary/aromatic N) is 6. The van der Waals surface area contributed by atoms with Crippen LogP contribution in [0.5, 0.6) is 0 Å². The normalized spacial score (nSPS) is 18.8. The van der Waals surface area contributed by atoms with E-state index in [9.17, 15) is 9.18 Å². The van der Waals surface area contributed by atoms with Crippen LogP contribution in [0.25, 0.3) is 17.2 Å². The van der Waals surface area contributed by atoms with E-state index in [4.69, 9.17) is 9.72 Å². The molecule has 1 aliphatic heterocycles. The van der Waals surface area contributed by atoms with Gasteiger partial charge >= 0.3 is 6.09 Å². The molecule has 180 valence electrons. The molecule has 5 rings (SSSR count). The summed E-state index contributed by atoms with van der Waals surface area (Å²) < 4.78 is 21.2. The van der Waals surface area contributed by atoms with Crippen LogP contribution in [-0.4, -0.2) is 61.6 Å². The molecule has 1 amide bonds. The molecule has 1 saturated carbocycles. The Bertz CT molecular complexity index is 1190. The highest BCUT2D eigenvalue weighted by molar-refractivity contribution is 5.68. The van der Waals surface area contributed by atoms with E-state index in [1.54, 1.807) is 22.9 Å². The van der Waals surface area contributed by atoms with Crippen LogP contribution in [0.2, 0.25) is 0 Å². The molecular formula is C25H31FN6O2. The largest absolute Gasteiger partial charge is 0.444 e. The Labute approximate surface area is 198 Å². The highest BCUT2D eigenvalue weighted by Gasteiger charge is 2.34. The maximum Gasteiger partial charge on any atom is 0.410 e. The first kappa shape index (κ1) is 22.6. The number of ether oxygens (including phenoxy) is 1. The minimum absolute atomic E-state index is 0.143. The number of rotatable bonds is 5. The van der Waals surface area contributed by atoms with E-state index in [0.29, 0.717) is 36.2 Å². The Morgan fingerprint density at radius 3 is 2.79 bits per heavy atom. The predicted molar refractivity (Wildman–Crippen MR) is 127 cm³/mol. The Hall–Kier alpha value is -3.23. The van der Waals surface area contributed by atoms with Crippen LogP contribution in [0, 0.1) is 11.7 Å². The van der Waals surface area contributed by atoms with Crippen molar-refractivity contribution in [3.63, 3.8) is 0 Å². The lowest BCUT2D eigenvalue weighted by atomic mass is 10.0. The molecule has 0 bridgehead atoms. The molecule has 8 nitrogen and oxygen atoms in total. The average Bonchev–Trinajstić information content (AvgIpc) is 3.53. The number of fused-ring (bicyclic) bond motifs is 1. The van der Waals surface area contributed by atoms with Crippen molar-refractivity contribution in [2.75, 3.05) is 24.5 Å². The van der Waals surface area contributed by atoms with Crippen molar-refractivity contribution in [1.29, 1.82) is 0 Å². The summed E-state index contributed by atoms with van der Waals surface area (Å²) in [5, 5.41) is 0. The molecule has 0 radical (unpaired) electrons. The second kappa shape index (κ2) is 8.85. The van der Waals surface area contributed by atoms with Gasteiger partial charge in [-0.3, -0.25) is 4.40 Å². The second-order valence-corrected chi connectivity index (χ2v) is 10.3. The molecule has 2 aliphatic rings. The quantitative estimate of drug-likeness (QED) is 0.549. The summed E-state index contributed by atoms with van der Waals surface area (Å²) in [5.41, 5.74) is 0.759. The Balaban J connectivity index is 1.42. The van der Waals surface area contributed by atoms with Crippen molar-refractivity contribution < 1.29 is 13.9 Å². The molecule has 3 aromatic rings. The lowest BCUT2D eigenvalue weighted by Crippen LogP contribution is -2.51. The number of pyridine rings is 1. The van der Waals surface area contributed by atoms with Crippen LogP contribution < -0.4 is 4.90 Å². The van der Waals surface area contributed by atoms with E-state index in [1.807, 2.05) is 31.7 Å². The molecule has 3 aromatic heterocycles. The summed E-state index contributed by atoms with van der Waals surface area (Å²) in [6, 6.07) is 5.09. The number of halogens is 1. The minimum Gasteiger partial charge on any atom is -0.444 e. The Morgan fingerprint density at radius 1 is 1.21 bits per heavy atom. The standard InChI is InChI=1S/C25H31FN6O2/c1-25(2,3)34-24(33)30-12-4-5-19(16-30)31(14-17-6-7-17)22-10-11-27-23(29-22)20-13-28-21-9-8-18(26)15-32(20)21/h8-11,13,15,17,19H,4-7,12,14,16H2,1-3H3/t19-/m1/s1. The summed E-state index contributed by atoms with van der Waals surface area (Å²) in [6.07, 6.45) is 8.86. The van der Waals surface area contributed by atoms with Crippen LogP contribution in [0.3, 0.4) is 0 Å². The maximum atomic E-state index is 13.9. The number of imidazole rings is 1. The van der Waals surface area contributed by atoms with Gasteiger partial charge in [0.1, 0.15) is 28.6 Å². The van der Waals surface area contributed by atoms with Crippen molar-refractivity contribution >= 4 is 17.6 Å². The first-order valence-corrected chi connectivity index (χ1v) is 12.0. The monoisotopic (exact) mass is 466 g/mol. The number of hydrogen-bond donors (Lipinski definition) is 0. The van der Waals surface area contributed by atoms with Gasteiger partial charge < -0.3 is 14.5 Å². The highest BCUT2D eigenvalue weighted by Crippen LogP contribution is 2.34. The van der Waals surface area contributed by atoms with E-state index in [1.165, 1.54) is 25.1 Å². The van der Waals surface area contributed by atoms with Crippen molar-refractivity contribution in [2.24, 2.45) is 5.92 Å². The fourth-order valence-electron chi connectivity index (χ4n) is 4.46. The van der Waals surface area contributed by atoms with Crippen molar-refractivity contribution in [1.82, 2.24) is 24.3 Å². The fraction of sp³-hybridized carbons (Fsp3) is 0.520. The van der Waals surface area contributed by atoms with Gasteiger partial charge in [-0.1, -0.05) is 0 Å². The van der Waals surface area contributed by atoms with Crippen LogP contribution in [0.15, 0.2) is 36.8 Å². The van der Waals surface area contributed by atoms with Gasteiger partial charge in [0.2, 0.25) is 0 Å². The number of piperidine rings is 1. The number of carbonyl (C=O) groups excluding carboxylic acids is 1. The fourth-order valence-corrected chi connectivity index (χ4v) is 4.46. The van der Waals surface area contributed by atoms with Gasteiger partial charge in [0.15, 0.2) is 5.82 Å². The molecule has 1 saturated heterocycles. The molecule has 0 spiro atoms. The highest BCUT2D eigenvalue weighted by atomic mass is 19.1. The van der Waals surface area contributed by atoms with E-state index in [2.05, 4.69) is 14.9 Å². The Kier molecular flexibility index (Phi) is 5.87. The van der Waals surface area contributed by atoms with Crippen molar-refractivity contribution in [3.8, 4) is 11.5 Å². The molecule has 0 aromatic carbocycles. The molecular weight excluding hydrogens is 435 g/mol. The van der Waals surface area contributed by atoms with Gasteiger partial charge in [-0.05, 0) is 70.6 Å². The number of hydrogen-bond acceptors (Lipinski definition) is 6. The minimum atomic E-state index is -0.521. The lowest BCUT2D eigenvalue weighted by molar-refractivity contribution is 0.0197. The molecule has 4 heterocycles. The lowest BCUT2D eigenvalue weighted by Gasteiger charge is -2.40. The van der Waals surface area contributed by atoms with Gasteiger partial charge in [-0.25, -0.2) is 24.1 Å². The van der Waals surface area contributed by atoms with Gasteiger partial charge in [0, 0.05) is 38.1 Å². The average molecular weight is 467 g/mol. The number of anilines is 1. The summed E-state index contributed by atoms with van der Waals surface area (Å²) in [6.45, 7) is 7.86. The van der Waals surface area contributed by atoms with Gasteiger partial charge in [-0.15, -0.1) is 0 Å². The molecule has 34 heavy (non-hydrogen) atoms. The van der Waals surface area contributed by atoms with Crippen LogP contribution in [-0.2, 0) is 4.74 Å². The van der Waals surface area contributed by atoms with E-state index < -0.39 is 5.60 Å². The third-order valence-corrected chi connectivity index (χ3v) is 6.27. The van der Waals surface area contributed by atoms with Gasteiger partial charge in [0.05, 0.1) is 6.20 Å². The van der Waals surface area contributed by atoms with E-state index >= 15 is 0 Å². The van der Waals surface area contributed by atoms with Crippen LogP contribution in [0.4, 0.5) is 15.0 Å². The van der Waals surface area contributed by atoms with Crippen molar-refractivity contribution in [2.45, 2.75) is 58.1 Å². The summed E-state index contributed by atoms with van der Waals surface area (Å²) in [4.78, 5) is 30.6. The first-order chi connectivity index (χ1) is 16.3. The van der Waals surface area contributed by atoms with Gasteiger partial charge in [-0.2, -0.15) is 0 Å². The topological polar surface area (TPSA) is 75.9 Å². The first-order valence-electron chi connectivity index (χ1n) is 12.0. The molecule has 1 aliphatic carbocycles. The zero-order chi connectivity index (χ0) is 23.9. The predicted octanol–water partition coefficient (Wildman–Crippen LogP) is 4.55. The zero-order valence-corrected chi connectivity index (χ0v) is 19.9. The zero-order valence-electron chi connectivity index (χ0n) is 19.9. The number of likely N-dealkylation sites (tertiary alicyclic amines) is 1. The second-order valence-electron chi connectivity index (χ2n) is 10.3. The van der Waals surface area contributed by atoms with E-state index in [-0.39, 0.29) is 18.0 Å². The van der Waals surface area contributed by atoms with Gasteiger partial charge in [0.25, 0.3) is 0 Å². The smallest absolute Gasteiger partial charge is 0.410 e. The number of amides is 1. The SMILES string of the molecule is CC(C)(C)OC(=O)N1CCC[C@@H](N(CC2CC2)c2ccnc(-c3cnc4ccc(F)cn34)n2)C1. The third-order valence-electron chi connectivity index (χ3n) is 6.27. The Morgan fingerprint density at radius 2 is 2.03 bits per heavy atom. The van der Waals surface area contributed by atoms with Crippen molar-refractivity contribution in [3.05, 3.63) is 42.6 Å². The summed E-state index contributed by atoms with van der Waals surface area (Å²) >= 11 is 0. The summed E-state index contributed by atoms with van der Waals surface area (Å²) in [7, 11) is 0. The molecule has 9 heteroatoms. The van der Waals surface area contributed by atoms with E-state index in [0.717, 1.165) is 25.2 Å². The number of carbonyl (C=O) groups is 1. The van der Waals surface area contributed by atoms with Crippen LogP contribution >= 0.6 is 0 Å².